The van der Waals surface area contributed by atoms with Gasteiger partial charge in [0.1, 0.15) is 34.0 Å². The average molecular weight is 406 g/mol. The first kappa shape index (κ1) is 21.5. The minimum Gasteiger partial charge on any atom is -0.405 e. The lowest BCUT2D eigenvalue weighted by molar-refractivity contribution is -0.0787. The summed E-state index contributed by atoms with van der Waals surface area (Å²) in [7, 11) is 5.61. The maximum absolute atomic E-state index is 12.6. The molecule has 1 aromatic rings. The van der Waals surface area contributed by atoms with Crippen molar-refractivity contribution < 1.29 is 28.2 Å². The molecule has 1 saturated heterocycles. The van der Waals surface area contributed by atoms with Crippen molar-refractivity contribution in [3.8, 4) is 0 Å². The van der Waals surface area contributed by atoms with Crippen LogP contribution in [0.4, 0.5) is 0 Å². The first-order valence-corrected chi connectivity index (χ1v) is 11.1. The number of nitrogens with one attached hydrogen (secondary N) is 1. The summed E-state index contributed by atoms with van der Waals surface area (Å²) in [6.45, 7) is -3.53. The minimum atomic E-state index is -3.53. The maximum Gasteiger partial charge on any atom is 0.389 e. The number of hydrogen-bond acceptors (Lipinski definition) is 9. The normalized spacial score (nSPS) is 28.8. The number of nitrogens with zero attached hydrogens (tertiary/aromatic N) is 1. The van der Waals surface area contributed by atoms with Crippen molar-refractivity contribution in [1.29, 1.82) is 0 Å². The molecule has 0 spiro atoms. The van der Waals surface area contributed by atoms with Crippen LogP contribution in [0, 0.1) is 0 Å². The van der Waals surface area contributed by atoms with Crippen LogP contribution in [0.15, 0.2) is 21.9 Å². The molecule has 2 rings (SSSR count). The molecule has 5 unspecified atom stereocenters. The van der Waals surface area contributed by atoms with Crippen molar-refractivity contribution in [2.45, 2.75) is 29.9 Å². The Morgan fingerprint density at radius 3 is 2.50 bits per heavy atom. The van der Waals surface area contributed by atoms with Gasteiger partial charge >= 0.3 is 12.5 Å². The van der Waals surface area contributed by atoms with E-state index in [2.05, 4.69) is 4.98 Å². The summed E-state index contributed by atoms with van der Waals surface area (Å²) in [6, 6.07) is 1.16. The monoisotopic (exact) mass is 406 g/mol. The summed E-state index contributed by atoms with van der Waals surface area (Å²) < 4.78 is 35.6. The van der Waals surface area contributed by atoms with E-state index in [-0.39, 0.29) is 0 Å². The lowest BCUT2D eigenvalue weighted by Gasteiger charge is -2.32. The number of hydrogen-bond donors (Lipinski definition) is 2. The van der Waals surface area contributed by atoms with E-state index in [0.717, 1.165) is 22.0 Å². The van der Waals surface area contributed by atoms with E-state index >= 15 is 0 Å². The Morgan fingerprint density at radius 1 is 1.38 bits per heavy atom. The van der Waals surface area contributed by atoms with Crippen LogP contribution >= 0.6 is 18.2 Å². The molecule has 0 aromatic carbocycles. The predicted octanol–water partition coefficient (Wildman–Crippen LogP) is -2.14. The number of aromatic nitrogens is 2. The number of rotatable bonds is 7. The van der Waals surface area contributed by atoms with Crippen LogP contribution in [0.1, 0.15) is 6.23 Å². The predicted molar refractivity (Wildman–Crippen MR) is 101 cm³/mol. The first-order chi connectivity index (χ1) is 12.1. The third-order valence-electron chi connectivity index (χ3n) is 3.98. The molecule has 14 heteroatoms. The smallest absolute Gasteiger partial charge is 0.389 e. The summed E-state index contributed by atoms with van der Waals surface area (Å²) >= 11 is 0.889. The molecular formula is C12H21B2N2O8PS. The Bertz CT molecular complexity index is 788. The second-order valence-electron chi connectivity index (χ2n) is 6.20. The second-order valence-corrected chi connectivity index (χ2v) is 10.5. The molecule has 144 valence electrons. The van der Waals surface area contributed by atoms with Crippen molar-refractivity contribution in [1.82, 2.24) is 9.55 Å². The molecule has 0 radical (unpaired) electrons. The summed E-state index contributed by atoms with van der Waals surface area (Å²) in [4.78, 5) is 25.6. The second kappa shape index (κ2) is 8.05. The summed E-state index contributed by atoms with van der Waals surface area (Å²) in [5.41, 5.74) is -1.27. The molecule has 0 saturated carbocycles. The van der Waals surface area contributed by atoms with Gasteiger partial charge in [-0.15, -0.1) is 0 Å². The van der Waals surface area contributed by atoms with Gasteiger partial charge in [0.2, 0.25) is 0 Å². The number of aliphatic hydroxyl groups is 1. The van der Waals surface area contributed by atoms with E-state index < -0.39 is 48.0 Å². The highest BCUT2D eigenvalue weighted by Gasteiger charge is 2.54. The molecule has 1 aromatic heterocycles. The fourth-order valence-electron chi connectivity index (χ4n) is 2.74. The van der Waals surface area contributed by atoms with Gasteiger partial charge in [0, 0.05) is 31.9 Å². The number of H-pyrrole nitrogens is 1. The van der Waals surface area contributed by atoms with Crippen molar-refractivity contribution >= 4 is 33.9 Å². The van der Waals surface area contributed by atoms with Gasteiger partial charge in [-0.1, -0.05) is 0 Å². The lowest BCUT2D eigenvalue weighted by Crippen LogP contribution is -2.51. The molecule has 0 aliphatic carbocycles. The fraction of sp³-hybridized carbons (Fsp3) is 0.667. The quantitative estimate of drug-likeness (QED) is 0.385. The molecule has 10 nitrogen and oxygen atoms in total. The molecule has 0 bridgehead atoms. The number of methoxy groups -OCH3 is 1. The number of ether oxygens (including phenoxy) is 2. The highest BCUT2D eigenvalue weighted by Crippen LogP contribution is 2.61. The number of aromatic amines is 1. The summed E-state index contributed by atoms with van der Waals surface area (Å²) in [5, 5.41) is 9.07. The van der Waals surface area contributed by atoms with Gasteiger partial charge in [0.25, 0.3) is 5.56 Å². The van der Waals surface area contributed by atoms with Crippen LogP contribution in [0.3, 0.4) is 0 Å². The summed E-state index contributed by atoms with van der Waals surface area (Å²) in [5.74, 6) is 0. The standard InChI is InChI=1S/C12H21B2N2O8PS/c1-21-8-7(24-25(20,22-2)26-3)9(12(13,14)19)23-10(8)16-5-4-6(17)15-11(16)18/h4-5,7-10,19H,13-14H2,1-3H3,(H,15,17,18). The van der Waals surface area contributed by atoms with Crippen molar-refractivity contribution in [3.05, 3.63) is 33.1 Å². The van der Waals surface area contributed by atoms with Gasteiger partial charge in [-0.2, -0.15) is 0 Å². The van der Waals surface area contributed by atoms with Crippen LogP contribution in [0.25, 0.3) is 0 Å². The van der Waals surface area contributed by atoms with Crippen LogP contribution in [-0.4, -0.2) is 74.5 Å². The van der Waals surface area contributed by atoms with Gasteiger partial charge in [-0.3, -0.25) is 18.9 Å². The van der Waals surface area contributed by atoms with Gasteiger partial charge in [-0.05, 0) is 17.6 Å². The van der Waals surface area contributed by atoms with E-state index in [1.54, 1.807) is 6.26 Å². The van der Waals surface area contributed by atoms with Crippen LogP contribution in [-0.2, 0) is 23.1 Å². The molecule has 2 heterocycles. The van der Waals surface area contributed by atoms with Crippen LogP contribution in [0.5, 0.6) is 0 Å². The zero-order valence-electron chi connectivity index (χ0n) is 15.1. The molecule has 1 aliphatic rings. The Hall–Kier alpha value is -0.810. The van der Waals surface area contributed by atoms with E-state index in [4.69, 9.17) is 18.5 Å². The van der Waals surface area contributed by atoms with E-state index in [9.17, 15) is 19.3 Å². The van der Waals surface area contributed by atoms with E-state index in [1.807, 2.05) is 0 Å². The van der Waals surface area contributed by atoms with Crippen LogP contribution in [0.2, 0.25) is 0 Å². The topological polar surface area (TPSA) is 129 Å². The van der Waals surface area contributed by atoms with Crippen molar-refractivity contribution in [2.75, 3.05) is 20.5 Å². The Kier molecular flexibility index (Phi) is 6.66. The van der Waals surface area contributed by atoms with Gasteiger partial charge in [0.15, 0.2) is 6.23 Å². The zero-order chi connectivity index (χ0) is 19.7. The van der Waals surface area contributed by atoms with Gasteiger partial charge in [0.05, 0.1) is 0 Å². The third-order valence-corrected chi connectivity index (χ3v) is 7.42. The van der Waals surface area contributed by atoms with Crippen LogP contribution < -0.4 is 11.2 Å². The third kappa shape index (κ3) is 4.36. The molecular weight excluding hydrogens is 385 g/mol. The Labute approximate surface area is 155 Å². The Balaban J connectivity index is 2.48. The summed E-state index contributed by atoms with van der Waals surface area (Å²) in [6.07, 6.45) is -1.07. The molecule has 5 atom stereocenters. The van der Waals surface area contributed by atoms with E-state index in [0.29, 0.717) is 0 Å². The fourth-order valence-corrected chi connectivity index (χ4v) is 4.59. The zero-order valence-corrected chi connectivity index (χ0v) is 16.8. The average Bonchev–Trinajstić information content (AvgIpc) is 2.92. The van der Waals surface area contributed by atoms with Crippen molar-refractivity contribution in [3.63, 3.8) is 0 Å². The molecule has 1 aliphatic heterocycles. The molecule has 0 amide bonds. The van der Waals surface area contributed by atoms with E-state index in [1.165, 1.54) is 36.1 Å². The first-order valence-electron chi connectivity index (χ1n) is 7.68. The van der Waals surface area contributed by atoms with Crippen molar-refractivity contribution in [2.24, 2.45) is 0 Å². The maximum atomic E-state index is 12.6. The lowest BCUT2D eigenvalue weighted by atomic mass is 9.61. The molecule has 2 N–H and O–H groups in total. The molecule has 26 heavy (non-hydrogen) atoms. The largest absolute Gasteiger partial charge is 0.405 e. The minimum absolute atomic E-state index is 0.559. The van der Waals surface area contributed by atoms with Gasteiger partial charge in [-0.25, -0.2) is 9.36 Å². The van der Waals surface area contributed by atoms with Gasteiger partial charge < -0.3 is 19.1 Å². The highest BCUT2D eigenvalue weighted by molar-refractivity contribution is 8.54. The molecule has 1 fully saturated rings. The highest BCUT2D eigenvalue weighted by atomic mass is 32.7. The SMILES string of the molecule is BC(B)(O)C1OC(n2ccc(=O)[nH]c2=O)C(OC)C1OP(=O)(OC)SC. The Morgan fingerprint density at radius 2 is 2.04 bits per heavy atom.